The molecule has 1 aliphatic heterocycles. The molecule has 1 fully saturated rings. The zero-order valence-corrected chi connectivity index (χ0v) is 14.5. The van der Waals surface area contributed by atoms with Gasteiger partial charge in [-0.15, -0.1) is 12.4 Å². The summed E-state index contributed by atoms with van der Waals surface area (Å²) in [4.78, 5) is -0.377. The molecule has 2 N–H and O–H groups in total. The van der Waals surface area contributed by atoms with Crippen molar-refractivity contribution in [2.75, 3.05) is 13.1 Å². The summed E-state index contributed by atoms with van der Waals surface area (Å²) in [5.74, 6) is 0. The molecule has 1 heterocycles. The van der Waals surface area contributed by atoms with Crippen molar-refractivity contribution in [3.63, 3.8) is 0 Å². The first-order valence-electron chi connectivity index (χ1n) is 6.26. The topological polar surface area (TPSA) is 63.4 Å². The summed E-state index contributed by atoms with van der Waals surface area (Å²) in [6.45, 7) is 0.419. The molecule has 1 aromatic rings. The van der Waals surface area contributed by atoms with Gasteiger partial charge in [0.1, 0.15) is 0 Å². The van der Waals surface area contributed by atoms with E-state index in [-0.39, 0.29) is 40.9 Å². The maximum absolute atomic E-state index is 12.8. The summed E-state index contributed by atoms with van der Waals surface area (Å²) >= 11 is 3.02. The van der Waals surface area contributed by atoms with E-state index in [1.807, 2.05) is 0 Å². The van der Waals surface area contributed by atoms with Crippen LogP contribution in [-0.2, 0) is 16.2 Å². The summed E-state index contributed by atoms with van der Waals surface area (Å²) < 4.78 is 64.7. The lowest BCUT2D eigenvalue weighted by Gasteiger charge is -2.23. The van der Waals surface area contributed by atoms with Gasteiger partial charge in [0.25, 0.3) is 0 Å². The third-order valence-corrected chi connectivity index (χ3v) is 6.39. The van der Waals surface area contributed by atoms with Gasteiger partial charge in [0.2, 0.25) is 10.0 Å². The van der Waals surface area contributed by atoms with Crippen LogP contribution in [0.3, 0.4) is 0 Å². The number of benzene rings is 1. The van der Waals surface area contributed by atoms with Gasteiger partial charge in [-0.2, -0.15) is 17.5 Å². The van der Waals surface area contributed by atoms with Crippen molar-refractivity contribution in [3.8, 4) is 0 Å². The second kappa shape index (κ2) is 7.04. The minimum absolute atomic E-state index is 0. The van der Waals surface area contributed by atoms with Crippen LogP contribution in [0.4, 0.5) is 13.2 Å². The third-order valence-electron chi connectivity index (χ3n) is 3.44. The average molecular weight is 424 g/mol. The Morgan fingerprint density at radius 2 is 2.00 bits per heavy atom. The lowest BCUT2D eigenvalue weighted by molar-refractivity contribution is -0.137. The predicted octanol–water partition coefficient (Wildman–Crippen LogP) is 3.00. The second-order valence-electron chi connectivity index (χ2n) is 4.79. The quantitative estimate of drug-likeness (QED) is 0.813. The van der Waals surface area contributed by atoms with Gasteiger partial charge < -0.3 is 5.73 Å². The number of alkyl halides is 3. The van der Waals surface area contributed by atoms with Crippen molar-refractivity contribution >= 4 is 38.4 Å². The normalized spacial score (nSPS) is 20.0. The van der Waals surface area contributed by atoms with Crippen LogP contribution in [0, 0.1) is 0 Å². The number of hydrogen-bond donors (Lipinski definition) is 1. The van der Waals surface area contributed by atoms with Gasteiger partial charge in [-0.3, -0.25) is 0 Å². The molecule has 1 atom stereocenters. The molecule has 1 saturated heterocycles. The first kappa shape index (κ1) is 19.7. The Hall–Kier alpha value is -0.350. The third kappa shape index (κ3) is 3.76. The molecule has 0 spiro atoms. The Morgan fingerprint density at radius 1 is 1.36 bits per heavy atom. The van der Waals surface area contributed by atoms with Gasteiger partial charge in [0, 0.05) is 23.6 Å². The Kier molecular flexibility index (Phi) is 6.30. The minimum atomic E-state index is -4.59. The molecule has 22 heavy (non-hydrogen) atoms. The molecule has 2 rings (SSSR count). The number of hydrogen-bond acceptors (Lipinski definition) is 3. The molecule has 126 valence electrons. The van der Waals surface area contributed by atoms with Crippen LogP contribution in [0.2, 0.25) is 0 Å². The zero-order valence-electron chi connectivity index (χ0n) is 11.3. The van der Waals surface area contributed by atoms with Crippen molar-refractivity contribution in [1.29, 1.82) is 0 Å². The van der Waals surface area contributed by atoms with Crippen molar-refractivity contribution in [2.24, 2.45) is 5.73 Å². The number of nitrogens with two attached hydrogens (primary N) is 1. The van der Waals surface area contributed by atoms with Gasteiger partial charge >= 0.3 is 6.18 Å². The van der Waals surface area contributed by atoms with E-state index < -0.39 is 21.8 Å². The van der Waals surface area contributed by atoms with E-state index in [0.29, 0.717) is 18.9 Å². The lowest BCUT2D eigenvalue weighted by Crippen LogP contribution is -2.40. The van der Waals surface area contributed by atoms with Gasteiger partial charge in [-0.05, 0) is 47.0 Å². The Bertz CT molecular complexity index is 640. The van der Waals surface area contributed by atoms with Crippen LogP contribution < -0.4 is 5.73 Å². The monoisotopic (exact) mass is 422 g/mol. The van der Waals surface area contributed by atoms with Crippen molar-refractivity contribution < 1.29 is 21.6 Å². The summed E-state index contributed by atoms with van der Waals surface area (Å²) in [5.41, 5.74) is 4.55. The van der Waals surface area contributed by atoms with Crippen LogP contribution in [0.1, 0.15) is 18.4 Å². The highest BCUT2D eigenvalue weighted by Crippen LogP contribution is 2.36. The van der Waals surface area contributed by atoms with Crippen LogP contribution in [0.15, 0.2) is 27.6 Å². The Labute approximate surface area is 141 Å². The van der Waals surface area contributed by atoms with E-state index in [1.54, 1.807) is 0 Å². The van der Waals surface area contributed by atoms with E-state index >= 15 is 0 Å². The molecule has 0 radical (unpaired) electrons. The highest BCUT2D eigenvalue weighted by atomic mass is 79.9. The maximum Gasteiger partial charge on any atom is 0.416 e. The first-order chi connectivity index (χ1) is 9.67. The van der Waals surface area contributed by atoms with E-state index in [2.05, 4.69) is 15.9 Å². The molecular weight excluding hydrogens is 409 g/mol. The molecule has 4 nitrogen and oxygen atoms in total. The standard InChI is InChI=1S/C12H14BrF3N2O2S.ClH/c13-10-4-3-8(12(14,15)16)6-11(10)21(19,20)18-5-1-2-9(18)7-17;/h3-4,6,9H,1-2,5,7,17H2;1H. The van der Waals surface area contributed by atoms with Crippen molar-refractivity contribution in [1.82, 2.24) is 4.31 Å². The minimum Gasteiger partial charge on any atom is -0.329 e. The predicted molar refractivity (Wildman–Crippen MR) is 82.4 cm³/mol. The molecule has 0 bridgehead atoms. The second-order valence-corrected chi connectivity index (χ2v) is 7.50. The highest BCUT2D eigenvalue weighted by Gasteiger charge is 2.38. The van der Waals surface area contributed by atoms with E-state index in [0.717, 1.165) is 12.1 Å². The fraction of sp³-hybridized carbons (Fsp3) is 0.500. The fourth-order valence-corrected chi connectivity index (χ4v) is 5.02. The molecule has 10 heteroatoms. The molecule has 0 saturated carbocycles. The Balaban J connectivity index is 0.00000242. The summed E-state index contributed by atoms with van der Waals surface area (Å²) in [6.07, 6.45) is -3.33. The van der Waals surface area contributed by atoms with Crippen LogP contribution >= 0.6 is 28.3 Å². The van der Waals surface area contributed by atoms with Crippen LogP contribution in [0.25, 0.3) is 0 Å². The summed E-state index contributed by atoms with van der Waals surface area (Å²) in [6, 6.07) is 2.23. The van der Waals surface area contributed by atoms with Crippen molar-refractivity contribution in [2.45, 2.75) is 30.0 Å². The van der Waals surface area contributed by atoms with Crippen LogP contribution in [-0.4, -0.2) is 31.9 Å². The maximum atomic E-state index is 12.8. The fourth-order valence-electron chi connectivity index (χ4n) is 2.36. The van der Waals surface area contributed by atoms with E-state index in [9.17, 15) is 21.6 Å². The molecule has 1 unspecified atom stereocenters. The highest BCUT2D eigenvalue weighted by molar-refractivity contribution is 9.10. The summed E-state index contributed by atoms with van der Waals surface area (Å²) in [7, 11) is -4.01. The van der Waals surface area contributed by atoms with Gasteiger partial charge in [-0.25, -0.2) is 8.42 Å². The molecule has 0 aromatic heterocycles. The average Bonchev–Trinajstić information content (AvgIpc) is 2.86. The van der Waals surface area contributed by atoms with Gasteiger partial charge in [0.15, 0.2) is 0 Å². The van der Waals surface area contributed by atoms with E-state index in [4.69, 9.17) is 5.73 Å². The summed E-state index contributed by atoms with van der Waals surface area (Å²) in [5, 5.41) is 0. The number of nitrogens with zero attached hydrogens (tertiary/aromatic N) is 1. The van der Waals surface area contributed by atoms with E-state index in [1.165, 1.54) is 4.31 Å². The number of halogens is 5. The molecule has 1 aliphatic rings. The molecular formula is C12H15BrClF3N2O2S. The number of rotatable bonds is 3. The molecule has 0 amide bonds. The lowest BCUT2D eigenvalue weighted by atomic mass is 10.2. The first-order valence-corrected chi connectivity index (χ1v) is 8.50. The van der Waals surface area contributed by atoms with Gasteiger partial charge in [-0.1, -0.05) is 0 Å². The SMILES string of the molecule is Cl.NCC1CCCN1S(=O)(=O)c1cc(C(F)(F)F)ccc1Br. The number of sulfonamides is 1. The molecule has 1 aromatic carbocycles. The Morgan fingerprint density at radius 3 is 2.55 bits per heavy atom. The largest absolute Gasteiger partial charge is 0.416 e. The van der Waals surface area contributed by atoms with Crippen LogP contribution in [0.5, 0.6) is 0 Å². The van der Waals surface area contributed by atoms with Gasteiger partial charge in [0.05, 0.1) is 10.5 Å². The smallest absolute Gasteiger partial charge is 0.329 e. The van der Waals surface area contributed by atoms with Crippen molar-refractivity contribution in [3.05, 3.63) is 28.2 Å². The molecule has 0 aliphatic carbocycles. The zero-order chi connectivity index (χ0) is 15.8.